The highest BCUT2D eigenvalue weighted by molar-refractivity contribution is 9.10. The second-order valence-electron chi connectivity index (χ2n) is 5.30. The van der Waals surface area contributed by atoms with E-state index >= 15 is 0 Å². The molecule has 2 aromatic rings. The van der Waals surface area contributed by atoms with Crippen LogP contribution >= 0.6 is 15.9 Å². The van der Waals surface area contributed by atoms with Crippen LogP contribution < -0.4 is 5.73 Å². The molecule has 0 aliphatic heterocycles. The molecule has 21 heavy (non-hydrogen) atoms. The van der Waals surface area contributed by atoms with E-state index in [1.807, 2.05) is 30.3 Å². The molecule has 2 N–H and O–H groups in total. The van der Waals surface area contributed by atoms with Crippen LogP contribution in [0.2, 0.25) is 0 Å². The highest BCUT2D eigenvalue weighted by atomic mass is 79.9. The quantitative estimate of drug-likeness (QED) is 0.905. The van der Waals surface area contributed by atoms with Gasteiger partial charge in [-0.25, -0.2) is 8.42 Å². The summed E-state index contributed by atoms with van der Waals surface area (Å²) >= 11 is 3.40. The summed E-state index contributed by atoms with van der Waals surface area (Å²) in [5, 5.41) is -0.411. The number of hydrogen-bond acceptors (Lipinski definition) is 3. The van der Waals surface area contributed by atoms with Gasteiger partial charge in [-0.05, 0) is 42.3 Å². The molecular weight excluding hydrogens is 350 g/mol. The van der Waals surface area contributed by atoms with Crippen molar-refractivity contribution in [2.75, 3.05) is 6.54 Å². The fraction of sp³-hybridized carbons (Fsp3) is 0.250. The molecule has 0 amide bonds. The predicted octanol–water partition coefficient (Wildman–Crippen LogP) is 2.96. The Morgan fingerprint density at radius 3 is 2.19 bits per heavy atom. The molecule has 3 rings (SSSR count). The maximum atomic E-state index is 12.7. The maximum absolute atomic E-state index is 12.7. The van der Waals surface area contributed by atoms with Crippen LogP contribution in [0.5, 0.6) is 0 Å². The van der Waals surface area contributed by atoms with Crippen molar-refractivity contribution in [3.63, 3.8) is 0 Å². The number of nitrogens with two attached hydrogens (primary N) is 1. The Labute approximate surface area is 133 Å². The highest BCUT2D eigenvalue weighted by Crippen LogP contribution is 2.53. The van der Waals surface area contributed by atoms with Crippen LogP contribution in [0.3, 0.4) is 0 Å². The maximum Gasteiger partial charge on any atom is 0.182 e. The van der Waals surface area contributed by atoms with E-state index in [4.69, 9.17) is 5.73 Å². The van der Waals surface area contributed by atoms with E-state index in [1.165, 1.54) is 0 Å². The zero-order chi connectivity index (χ0) is 15.0. The molecular formula is C16H16BrNO2S. The minimum Gasteiger partial charge on any atom is -0.330 e. The first-order valence-corrected chi connectivity index (χ1v) is 9.14. The second-order valence-corrected chi connectivity index (χ2v) is 8.32. The predicted molar refractivity (Wildman–Crippen MR) is 86.8 cm³/mol. The molecule has 0 saturated heterocycles. The van der Waals surface area contributed by atoms with Crippen molar-refractivity contribution in [3.05, 3.63) is 64.6 Å². The lowest BCUT2D eigenvalue weighted by Crippen LogP contribution is -2.13. The van der Waals surface area contributed by atoms with Crippen molar-refractivity contribution in [2.24, 2.45) is 11.7 Å². The summed E-state index contributed by atoms with van der Waals surface area (Å²) in [6.45, 7) is 0.386. The fourth-order valence-electron chi connectivity index (χ4n) is 2.94. The lowest BCUT2D eigenvalue weighted by Gasteiger charge is -2.04. The van der Waals surface area contributed by atoms with Gasteiger partial charge in [0.15, 0.2) is 9.84 Å². The van der Waals surface area contributed by atoms with E-state index in [1.54, 1.807) is 24.3 Å². The molecule has 110 valence electrons. The Kier molecular flexibility index (Phi) is 3.90. The van der Waals surface area contributed by atoms with E-state index in [9.17, 15) is 8.42 Å². The molecule has 0 bridgehead atoms. The van der Waals surface area contributed by atoms with Gasteiger partial charge in [0.05, 0.1) is 10.1 Å². The van der Waals surface area contributed by atoms with Crippen LogP contribution in [0.15, 0.2) is 64.0 Å². The molecule has 1 aliphatic carbocycles. The monoisotopic (exact) mass is 365 g/mol. The van der Waals surface area contributed by atoms with Crippen LogP contribution in [0, 0.1) is 5.92 Å². The summed E-state index contributed by atoms with van der Waals surface area (Å²) < 4.78 is 26.5. The minimum absolute atomic E-state index is 0.00335. The first-order valence-electron chi connectivity index (χ1n) is 6.80. The molecule has 5 heteroatoms. The van der Waals surface area contributed by atoms with Gasteiger partial charge < -0.3 is 5.73 Å². The standard InChI is InChI=1S/C16H16BrNO2S/c17-12-8-6-11(7-9-12)15-14(10-18)16(15)21(19,20)13-4-2-1-3-5-13/h1-9,14-16H,10,18H2/t14-,15+,16-/m1/s1. The van der Waals surface area contributed by atoms with Gasteiger partial charge in [-0.15, -0.1) is 0 Å². The summed E-state index contributed by atoms with van der Waals surface area (Å²) in [6.07, 6.45) is 0. The molecule has 0 unspecified atom stereocenters. The first-order chi connectivity index (χ1) is 10.1. The summed E-state index contributed by atoms with van der Waals surface area (Å²) in [6, 6.07) is 16.4. The van der Waals surface area contributed by atoms with Gasteiger partial charge in [-0.2, -0.15) is 0 Å². The zero-order valence-electron chi connectivity index (χ0n) is 11.3. The highest BCUT2D eigenvalue weighted by Gasteiger charge is 2.57. The van der Waals surface area contributed by atoms with E-state index in [0.717, 1.165) is 10.0 Å². The third-order valence-corrected chi connectivity index (χ3v) is 6.87. The van der Waals surface area contributed by atoms with Crippen LogP contribution in [0.25, 0.3) is 0 Å². The number of hydrogen-bond donors (Lipinski definition) is 1. The summed E-state index contributed by atoms with van der Waals surface area (Å²) in [5.74, 6) is -0.00955. The Morgan fingerprint density at radius 2 is 1.62 bits per heavy atom. The summed E-state index contributed by atoms with van der Waals surface area (Å²) in [5.41, 5.74) is 6.82. The van der Waals surface area contributed by atoms with Crippen molar-refractivity contribution in [3.8, 4) is 0 Å². The van der Waals surface area contributed by atoms with E-state index in [-0.39, 0.29) is 11.8 Å². The largest absolute Gasteiger partial charge is 0.330 e. The number of sulfone groups is 1. The van der Waals surface area contributed by atoms with Gasteiger partial charge in [-0.1, -0.05) is 46.3 Å². The molecule has 0 spiro atoms. The second kappa shape index (κ2) is 5.55. The lowest BCUT2D eigenvalue weighted by molar-refractivity contribution is 0.591. The van der Waals surface area contributed by atoms with Crippen LogP contribution in [0.4, 0.5) is 0 Å². The van der Waals surface area contributed by atoms with E-state index in [2.05, 4.69) is 15.9 Å². The Hall–Kier alpha value is -1.17. The SMILES string of the molecule is NC[C@@H]1[C@H](c2ccc(Br)cc2)[C@@H]1S(=O)(=O)c1ccccc1. The molecule has 3 atom stereocenters. The molecule has 0 radical (unpaired) electrons. The Bertz CT molecular complexity index is 729. The van der Waals surface area contributed by atoms with Crippen LogP contribution in [-0.4, -0.2) is 20.2 Å². The van der Waals surface area contributed by atoms with Crippen molar-refractivity contribution >= 4 is 25.8 Å². The first kappa shape index (κ1) is 14.8. The normalized spacial score (nSPS) is 24.8. The Balaban J connectivity index is 1.94. The van der Waals surface area contributed by atoms with Gasteiger partial charge >= 0.3 is 0 Å². The van der Waals surface area contributed by atoms with Crippen LogP contribution in [0.1, 0.15) is 11.5 Å². The van der Waals surface area contributed by atoms with E-state index < -0.39 is 15.1 Å². The van der Waals surface area contributed by atoms with Gasteiger partial charge in [-0.3, -0.25) is 0 Å². The van der Waals surface area contributed by atoms with Crippen molar-refractivity contribution in [1.82, 2.24) is 0 Å². The van der Waals surface area contributed by atoms with Gasteiger partial charge in [0.25, 0.3) is 0 Å². The number of halogens is 1. The van der Waals surface area contributed by atoms with Crippen LogP contribution in [-0.2, 0) is 9.84 Å². The summed E-state index contributed by atoms with van der Waals surface area (Å²) in [7, 11) is -3.33. The van der Waals surface area contributed by atoms with Gasteiger partial charge in [0, 0.05) is 10.4 Å². The molecule has 0 aromatic heterocycles. The number of rotatable bonds is 4. The van der Waals surface area contributed by atoms with E-state index in [0.29, 0.717) is 11.4 Å². The Morgan fingerprint density at radius 1 is 1.00 bits per heavy atom. The molecule has 3 nitrogen and oxygen atoms in total. The topological polar surface area (TPSA) is 60.2 Å². The smallest absolute Gasteiger partial charge is 0.182 e. The number of benzene rings is 2. The molecule has 2 aromatic carbocycles. The molecule has 1 fully saturated rings. The summed E-state index contributed by atoms with van der Waals surface area (Å²) in [4.78, 5) is 0.382. The van der Waals surface area contributed by atoms with Gasteiger partial charge in [0.2, 0.25) is 0 Å². The average Bonchev–Trinajstić information content (AvgIpc) is 3.24. The molecule has 1 saturated carbocycles. The van der Waals surface area contributed by atoms with Crippen molar-refractivity contribution in [1.29, 1.82) is 0 Å². The third kappa shape index (κ3) is 2.65. The average molecular weight is 366 g/mol. The fourth-order valence-corrected chi connectivity index (χ4v) is 5.45. The molecule has 0 heterocycles. The van der Waals surface area contributed by atoms with Crippen molar-refractivity contribution < 1.29 is 8.42 Å². The zero-order valence-corrected chi connectivity index (χ0v) is 13.7. The van der Waals surface area contributed by atoms with Gasteiger partial charge in [0.1, 0.15) is 0 Å². The third-order valence-electron chi connectivity index (χ3n) is 4.05. The van der Waals surface area contributed by atoms with Crippen molar-refractivity contribution in [2.45, 2.75) is 16.1 Å². The molecule has 1 aliphatic rings. The lowest BCUT2D eigenvalue weighted by atomic mass is 10.1. The minimum atomic E-state index is -3.33.